The van der Waals surface area contributed by atoms with Gasteiger partial charge in [-0.15, -0.1) is 0 Å². The number of halogens is 1. The lowest BCUT2D eigenvalue weighted by molar-refractivity contribution is -0.120. The number of nitrogens with zero attached hydrogens (tertiary/aromatic N) is 2. The van der Waals surface area contributed by atoms with Crippen LogP contribution in [0.15, 0.2) is 22.8 Å². The van der Waals surface area contributed by atoms with Crippen molar-refractivity contribution in [3.8, 4) is 6.07 Å². The predicted octanol–water partition coefficient (Wildman–Crippen LogP) is 1.37. The third kappa shape index (κ3) is 3.54. The van der Waals surface area contributed by atoms with E-state index in [0.29, 0.717) is 6.54 Å². The molecule has 0 atom stereocenters. The summed E-state index contributed by atoms with van der Waals surface area (Å²) >= 11 is 3.22. The molecule has 0 aliphatic rings. The number of hydrogen-bond acceptors (Lipinski definition) is 3. The lowest BCUT2D eigenvalue weighted by Crippen LogP contribution is -2.22. The molecule has 0 aliphatic carbocycles. The van der Waals surface area contributed by atoms with E-state index in [2.05, 4.69) is 26.2 Å². The van der Waals surface area contributed by atoms with Crippen LogP contribution in [0.2, 0.25) is 0 Å². The minimum absolute atomic E-state index is 0.117. The van der Waals surface area contributed by atoms with Crippen LogP contribution in [-0.2, 0) is 11.3 Å². The van der Waals surface area contributed by atoms with Crippen LogP contribution in [0.4, 0.5) is 0 Å². The Morgan fingerprint density at radius 2 is 2.43 bits per heavy atom. The topological polar surface area (TPSA) is 65.8 Å². The molecule has 0 spiro atoms. The highest BCUT2D eigenvalue weighted by Gasteiger charge is 2.00. The molecule has 0 unspecified atom stereocenters. The summed E-state index contributed by atoms with van der Waals surface area (Å²) < 4.78 is 0.726. The molecule has 5 heteroatoms. The van der Waals surface area contributed by atoms with E-state index in [1.165, 1.54) is 0 Å². The van der Waals surface area contributed by atoms with Gasteiger partial charge in [-0.05, 0) is 28.1 Å². The first-order valence-corrected chi connectivity index (χ1v) is 4.77. The van der Waals surface area contributed by atoms with Gasteiger partial charge in [0.25, 0.3) is 0 Å². The van der Waals surface area contributed by atoms with Crippen molar-refractivity contribution in [3.05, 3.63) is 28.5 Å². The van der Waals surface area contributed by atoms with Crippen LogP contribution in [-0.4, -0.2) is 10.9 Å². The molecule has 1 aromatic heterocycles. The van der Waals surface area contributed by atoms with E-state index < -0.39 is 0 Å². The minimum atomic E-state index is -0.283. The van der Waals surface area contributed by atoms with Crippen molar-refractivity contribution in [2.24, 2.45) is 0 Å². The Balaban J connectivity index is 2.46. The molecule has 1 N–H and O–H groups in total. The zero-order valence-corrected chi connectivity index (χ0v) is 8.91. The highest BCUT2D eigenvalue weighted by atomic mass is 79.9. The number of nitriles is 1. The standard InChI is InChI=1S/C9H8BrN3O/c10-8-3-1-2-7(13-8)6-12-9(14)4-5-11/h1-3H,4,6H2,(H,12,14). The summed E-state index contributed by atoms with van der Waals surface area (Å²) in [7, 11) is 0. The van der Waals surface area contributed by atoms with Gasteiger partial charge in [-0.3, -0.25) is 4.79 Å². The second kappa shape index (κ2) is 5.35. The first-order chi connectivity index (χ1) is 6.72. The molecule has 1 rings (SSSR count). The lowest BCUT2D eigenvalue weighted by Gasteiger charge is -2.01. The zero-order chi connectivity index (χ0) is 10.4. The van der Waals surface area contributed by atoms with Gasteiger partial charge < -0.3 is 5.32 Å². The molecule has 0 aromatic carbocycles. The number of carbonyl (C=O) groups is 1. The largest absolute Gasteiger partial charge is 0.350 e. The number of nitrogens with one attached hydrogen (secondary N) is 1. The van der Waals surface area contributed by atoms with E-state index in [9.17, 15) is 4.79 Å². The summed E-state index contributed by atoms with van der Waals surface area (Å²) in [5.74, 6) is -0.283. The summed E-state index contributed by atoms with van der Waals surface area (Å²) in [6.07, 6.45) is -0.117. The van der Waals surface area contributed by atoms with Crippen LogP contribution in [0.1, 0.15) is 12.1 Å². The Kier molecular flexibility index (Phi) is 4.08. The van der Waals surface area contributed by atoms with Crippen molar-refractivity contribution in [3.63, 3.8) is 0 Å². The lowest BCUT2D eigenvalue weighted by atomic mass is 10.3. The van der Waals surface area contributed by atoms with E-state index in [1.807, 2.05) is 6.07 Å². The molecule has 0 saturated heterocycles. The molecular formula is C9H8BrN3O. The number of rotatable bonds is 3. The Morgan fingerprint density at radius 1 is 1.64 bits per heavy atom. The Hall–Kier alpha value is -1.41. The molecule has 0 fully saturated rings. The maximum Gasteiger partial charge on any atom is 0.234 e. The van der Waals surface area contributed by atoms with Gasteiger partial charge in [0.05, 0.1) is 18.3 Å². The monoisotopic (exact) mass is 253 g/mol. The molecule has 1 aromatic rings. The third-order valence-electron chi connectivity index (χ3n) is 1.48. The van der Waals surface area contributed by atoms with Crippen LogP contribution in [0.3, 0.4) is 0 Å². The first kappa shape index (κ1) is 10.7. The average Bonchev–Trinajstić information content (AvgIpc) is 2.15. The number of aromatic nitrogens is 1. The Labute approximate surface area is 90.1 Å². The highest BCUT2D eigenvalue weighted by molar-refractivity contribution is 9.10. The van der Waals surface area contributed by atoms with Crippen LogP contribution >= 0.6 is 15.9 Å². The predicted molar refractivity (Wildman–Crippen MR) is 54.0 cm³/mol. The number of pyridine rings is 1. The van der Waals surface area contributed by atoms with Crippen molar-refractivity contribution in [2.75, 3.05) is 0 Å². The fraction of sp³-hybridized carbons (Fsp3) is 0.222. The third-order valence-corrected chi connectivity index (χ3v) is 1.92. The van der Waals surface area contributed by atoms with Crippen LogP contribution in [0.5, 0.6) is 0 Å². The van der Waals surface area contributed by atoms with Gasteiger partial charge in [-0.1, -0.05) is 6.07 Å². The van der Waals surface area contributed by atoms with Gasteiger partial charge in [0, 0.05) is 0 Å². The van der Waals surface area contributed by atoms with Gasteiger partial charge >= 0.3 is 0 Å². The smallest absolute Gasteiger partial charge is 0.234 e. The van der Waals surface area contributed by atoms with Gasteiger partial charge in [0.15, 0.2) is 0 Å². The SMILES string of the molecule is N#CCC(=O)NCc1cccc(Br)n1. The van der Waals surface area contributed by atoms with Crippen molar-refractivity contribution in [1.82, 2.24) is 10.3 Å². The number of hydrogen-bond donors (Lipinski definition) is 1. The molecule has 1 heterocycles. The van der Waals surface area contributed by atoms with Crippen molar-refractivity contribution < 1.29 is 4.79 Å². The van der Waals surface area contributed by atoms with Crippen molar-refractivity contribution in [2.45, 2.75) is 13.0 Å². The number of amides is 1. The minimum Gasteiger partial charge on any atom is -0.350 e. The van der Waals surface area contributed by atoms with Gasteiger partial charge in [-0.2, -0.15) is 5.26 Å². The van der Waals surface area contributed by atoms with Gasteiger partial charge in [0.2, 0.25) is 5.91 Å². The second-order valence-electron chi connectivity index (χ2n) is 2.56. The van der Waals surface area contributed by atoms with E-state index in [0.717, 1.165) is 10.3 Å². The molecule has 0 bridgehead atoms. The van der Waals surface area contributed by atoms with E-state index in [1.54, 1.807) is 18.2 Å². The van der Waals surface area contributed by atoms with Gasteiger partial charge in [-0.25, -0.2) is 4.98 Å². The Morgan fingerprint density at radius 3 is 3.07 bits per heavy atom. The van der Waals surface area contributed by atoms with E-state index in [-0.39, 0.29) is 12.3 Å². The molecule has 0 saturated carbocycles. The van der Waals surface area contributed by atoms with E-state index in [4.69, 9.17) is 5.26 Å². The fourth-order valence-electron chi connectivity index (χ4n) is 0.872. The molecular weight excluding hydrogens is 246 g/mol. The Bertz CT molecular complexity index is 373. The number of carbonyl (C=O) groups excluding carboxylic acids is 1. The zero-order valence-electron chi connectivity index (χ0n) is 7.33. The van der Waals surface area contributed by atoms with E-state index >= 15 is 0 Å². The summed E-state index contributed by atoms with van der Waals surface area (Å²) in [4.78, 5) is 15.1. The normalized spacial score (nSPS) is 9.14. The fourth-order valence-corrected chi connectivity index (χ4v) is 1.25. The highest BCUT2D eigenvalue weighted by Crippen LogP contribution is 2.05. The first-order valence-electron chi connectivity index (χ1n) is 3.97. The summed E-state index contributed by atoms with van der Waals surface area (Å²) in [6.45, 7) is 0.347. The van der Waals surface area contributed by atoms with Gasteiger partial charge in [0.1, 0.15) is 11.0 Å². The van der Waals surface area contributed by atoms with Crippen LogP contribution in [0, 0.1) is 11.3 Å². The second-order valence-corrected chi connectivity index (χ2v) is 3.38. The van der Waals surface area contributed by atoms with Crippen LogP contribution in [0.25, 0.3) is 0 Å². The average molecular weight is 254 g/mol. The molecule has 1 amide bonds. The molecule has 0 aliphatic heterocycles. The molecule has 72 valence electrons. The van der Waals surface area contributed by atoms with Crippen LogP contribution < -0.4 is 5.32 Å². The quantitative estimate of drug-likeness (QED) is 0.828. The summed E-state index contributed by atoms with van der Waals surface area (Å²) in [6, 6.07) is 7.22. The maximum absolute atomic E-state index is 10.9. The summed E-state index contributed by atoms with van der Waals surface area (Å²) in [5, 5.41) is 10.8. The molecule has 4 nitrogen and oxygen atoms in total. The maximum atomic E-state index is 10.9. The summed E-state index contributed by atoms with van der Waals surface area (Å²) in [5.41, 5.74) is 0.755. The van der Waals surface area contributed by atoms with Crippen molar-refractivity contribution >= 4 is 21.8 Å². The molecule has 0 radical (unpaired) electrons. The van der Waals surface area contributed by atoms with Crippen molar-refractivity contribution in [1.29, 1.82) is 5.26 Å². The molecule has 14 heavy (non-hydrogen) atoms.